The third kappa shape index (κ3) is 61.6. The fourth-order valence-corrected chi connectivity index (χ4v) is 12.0. The van der Waals surface area contributed by atoms with Gasteiger partial charge in [-0.05, 0) is 31.6 Å². The molecule has 6 atom stereocenters. The van der Waals surface area contributed by atoms with Gasteiger partial charge in [-0.3, -0.25) is 37.3 Å². The van der Waals surface area contributed by atoms with E-state index < -0.39 is 97.5 Å². The van der Waals surface area contributed by atoms with Crippen molar-refractivity contribution >= 4 is 39.5 Å². The summed E-state index contributed by atoms with van der Waals surface area (Å²) in [6, 6.07) is 0. The molecule has 3 N–H and O–H groups in total. The topological polar surface area (TPSA) is 237 Å². The highest BCUT2D eigenvalue weighted by Crippen LogP contribution is 2.45. The van der Waals surface area contributed by atoms with E-state index in [1.54, 1.807) is 0 Å². The van der Waals surface area contributed by atoms with Crippen LogP contribution in [0.25, 0.3) is 0 Å². The average molecular weight is 1300 g/mol. The number of unbranched alkanes of at least 4 members (excludes halogenated alkanes) is 40. The summed E-state index contributed by atoms with van der Waals surface area (Å²) < 4.78 is 68.0. The van der Waals surface area contributed by atoms with Crippen LogP contribution in [0.2, 0.25) is 0 Å². The number of carbonyl (C=O) groups is 4. The Bertz CT molecular complexity index is 1710. The van der Waals surface area contributed by atoms with Crippen LogP contribution >= 0.6 is 15.6 Å². The fourth-order valence-electron chi connectivity index (χ4n) is 10.4. The number of rotatable bonds is 69. The predicted molar refractivity (Wildman–Crippen MR) is 354 cm³/mol. The molecule has 19 heteroatoms. The Hall–Kier alpha value is -1.94. The first-order valence-electron chi connectivity index (χ1n) is 36.2. The van der Waals surface area contributed by atoms with Crippen LogP contribution in [0, 0.1) is 5.92 Å². The van der Waals surface area contributed by atoms with Gasteiger partial charge < -0.3 is 33.8 Å². The zero-order valence-electron chi connectivity index (χ0n) is 56.9. The molecule has 0 aliphatic carbocycles. The zero-order valence-corrected chi connectivity index (χ0v) is 58.6. The van der Waals surface area contributed by atoms with Crippen molar-refractivity contribution in [1.82, 2.24) is 0 Å². The number of ether oxygens (including phenoxy) is 4. The van der Waals surface area contributed by atoms with Crippen LogP contribution in [0.15, 0.2) is 0 Å². The zero-order chi connectivity index (χ0) is 64.9. The number of hydrogen-bond donors (Lipinski definition) is 3. The van der Waals surface area contributed by atoms with Gasteiger partial charge in [-0.25, -0.2) is 9.13 Å². The van der Waals surface area contributed by atoms with Crippen LogP contribution in [0.1, 0.15) is 356 Å². The number of phosphoric acid groups is 2. The van der Waals surface area contributed by atoms with E-state index in [0.717, 1.165) is 115 Å². The van der Waals surface area contributed by atoms with Gasteiger partial charge in [-0.1, -0.05) is 304 Å². The number of phosphoric ester groups is 2. The van der Waals surface area contributed by atoms with Crippen LogP contribution in [0.4, 0.5) is 0 Å². The number of carbonyl (C=O) groups excluding carboxylic acids is 4. The van der Waals surface area contributed by atoms with Gasteiger partial charge in [0.05, 0.1) is 26.4 Å². The van der Waals surface area contributed by atoms with Gasteiger partial charge in [0.15, 0.2) is 12.2 Å². The van der Waals surface area contributed by atoms with E-state index in [0.29, 0.717) is 25.7 Å². The van der Waals surface area contributed by atoms with Gasteiger partial charge in [0, 0.05) is 25.7 Å². The normalized spacial score (nSPS) is 14.4. The lowest BCUT2D eigenvalue weighted by Gasteiger charge is -2.21. The first-order chi connectivity index (χ1) is 42.6. The fraction of sp³-hybridized carbons (Fsp3) is 0.942. The summed E-state index contributed by atoms with van der Waals surface area (Å²) in [5.41, 5.74) is 0. The molecule has 3 unspecified atom stereocenters. The molecule has 0 fully saturated rings. The molecule has 0 heterocycles. The third-order valence-corrected chi connectivity index (χ3v) is 18.3. The summed E-state index contributed by atoms with van der Waals surface area (Å²) in [5, 5.41) is 10.5. The van der Waals surface area contributed by atoms with Gasteiger partial charge in [0.2, 0.25) is 0 Å². The first-order valence-corrected chi connectivity index (χ1v) is 39.2. The van der Waals surface area contributed by atoms with Gasteiger partial charge >= 0.3 is 39.5 Å². The Balaban J connectivity index is 5.08. The molecular formula is C69H134O17P2. The van der Waals surface area contributed by atoms with Crippen LogP contribution in [0.3, 0.4) is 0 Å². The second-order valence-electron chi connectivity index (χ2n) is 25.2. The summed E-state index contributed by atoms with van der Waals surface area (Å²) in [4.78, 5) is 72.2. The maximum Gasteiger partial charge on any atom is 0.472 e. The quantitative estimate of drug-likeness (QED) is 0.0222. The highest BCUT2D eigenvalue weighted by Gasteiger charge is 2.30. The molecule has 0 aliphatic heterocycles. The summed E-state index contributed by atoms with van der Waals surface area (Å²) in [6.45, 7) is 7.13. The molecule has 0 amide bonds. The Morgan fingerprint density at radius 1 is 0.318 bits per heavy atom. The molecule has 0 rings (SSSR count). The lowest BCUT2D eigenvalue weighted by Crippen LogP contribution is -2.30. The third-order valence-electron chi connectivity index (χ3n) is 16.4. The lowest BCUT2D eigenvalue weighted by atomic mass is 10.00. The Kier molecular flexibility index (Phi) is 61.1. The van der Waals surface area contributed by atoms with Gasteiger partial charge in [-0.15, -0.1) is 0 Å². The number of aliphatic hydroxyl groups is 1. The Morgan fingerprint density at radius 3 is 0.807 bits per heavy atom. The van der Waals surface area contributed by atoms with Crippen molar-refractivity contribution in [3.8, 4) is 0 Å². The van der Waals surface area contributed by atoms with Gasteiger partial charge in [0.1, 0.15) is 19.3 Å². The molecule has 0 bridgehead atoms. The number of aliphatic hydroxyl groups excluding tert-OH is 1. The highest BCUT2D eigenvalue weighted by atomic mass is 31.2. The van der Waals surface area contributed by atoms with Gasteiger partial charge in [0.25, 0.3) is 0 Å². The Morgan fingerprint density at radius 2 is 0.545 bits per heavy atom. The molecule has 522 valence electrons. The van der Waals surface area contributed by atoms with Crippen LogP contribution in [-0.4, -0.2) is 96.7 Å². The maximum atomic E-state index is 13.0. The van der Waals surface area contributed by atoms with E-state index in [1.807, 2.05) is 0 Å². The molecule has 0 radical (unpaired) electrons. The minimum atomic E-state index is -4.95. The van der Waals surface area contributed by atoms with Crippen molar-refractivity contribution in [1.29, 1.82) is 0 Å². The molecule has 17 nitrogen and oxygen atoms in total. The molecule has 0 spiro atoms. The van der Waals surface area contributed by atoms with Crippen molar-refractivity contribution in [2.24, 2.45) is 5.92 Å². The summed E-state index contributed by atoms with van der Waals surface area (Å²) in [6.07, 6.45) is 49.0. The molecule has 0 saturated carbocycles. The van der Waals surface area contributed by atoms with E-state index in [9.17, 15) is 43.2 Å². The van der Waals surface area contributed by atoms with Crippen molar-refractivity contribution in [2.75, 3.05) is 39.6 Å². The smallest absolute Gasteiger partial charge is 0.462 e. The van der Waals surface area contributed by atoms with E-state index in [1.165, 1.54) is 161 Å². The lowest BCUT2D eigenvalue weighted by molar-refractivity contribution is -0.161. The molecule has 0 aromatic heterocycles. The molecule has 88 heavy (non-hydrogen) atoms. The summed E-state index contributed by atoms with van der Waals surface area (Å²) >= 11 is 0. The van der Waals surface area contributed by atoms with Crippen molar-refractivity contribution in [3.05, 3.63) is 0 Å². The SMILES string of the molecule is CCCCCCCCCCCCCCCCCCCCCCCCC(=O)O[C@H](COC(=O)CCCCCCCCC(C)CC)COP(=O)(O)OC[C@@H](O)COP(=O)(O)OC[C@@H](COC(=O)CCCCCCCCC)OC(=O)CCCCCCCCCCC. The number of hydrogen-bond acceptors (Lipinski definition) is 15. The minimum Gasteiger partial charge on any atom is -0.462 e. The molecule has 0 aromatic rings. The monoisotopic (exact) mass is 1300 g/mol. The van der Waals surface area contributed by atoms with E-state index in [-0.39, 0.29) is 25.7 Å². The molecular weight excluding hydrogens is 1160 g/mol. The van der Waals surface area contributed by atoms with E-state index in [2.05, 4.69) is 34.6 Å². The van der Waals surface area contributed by atoms with Gasteiger partial charge in [-0.2, -0.15) is 0 Å². The van der Waals surface area contributed by atoms with Crippen LogP contribution in [0.5, 0.6) is 0 Å². The summed E-state index contributed by atoms with van der Waals surface area (Å²) in [5.74, 6) is -1.40. The standard InChI is InChI=1S/C69H134O17P2/c1-6-10-13-16-19-21-22-23-24-25-26-27-28-29-30-31-32-33-35-38-45-50-55-69(74)86-65(59-80-67(72)53-48-43-40-39-41-46-51-62(5)9-4)61-84-88(77,78)82-57-63(70)56-81-87(75,76)83-60-64(58-79-66(71)52-47-42-36-18-15-12-8-3)85-68(73)54-49-44-37-34-20-17-14-11-7-2/h62-65,70H,6-61H2,1-5H3,(H,75,76)(H,77,78)/t62?,63-,64+,65+/m0/s1. The highest BCUT2D eigenvalue weighted by molar-refractivity contribution is 7.47. The predicted octanol–water partition coefficient (Wildman–Crippen LogP) is 19.7. The average Bonchev–Trinajstić information content (AvgIpc) is 3.55. The first kappa shape index (κ1) is 86.1. The second kappa shape index (κ2) is 62.5. The van der Waals surface area contributed by atoms with Crippen molar-refractivity contribution in [3.63, 3.8) is 0 Å². The maximum absolute atomic E-state index is 13.0. The largest absolute Gasteiger partial charge is 0.472 e. The minimum absolute atomic E-state index is 0.105. The molecule has 0 aliphatic rings. The van der Waals surface area contributed by atoms with E-state index in [4.69, 9.17) is 37.0 Å². The van der Waals surface area contributed by atoms with Crippen LogP contribution in [-0.2, 0) is 65.4 Å². The van der Waals surface area contributed by atoms with E-state index >= 15 is 0 Å². The van der Waals surface area contributed by atoms with Crippen LogP contribution < -0.4 is 0 Å². The molecule has 0 saturated heterocycles. The van der Waals surface area contributed by atoms with Crippen molar-refractivity contribution < 1.29 is 80.2 Å². The second-order valence-corrected chi connectivity index (χ2v) is 28.1. The summed E-state index contributed by atoms with van der Waals surface area (Å²) in [7, 11) is -9.89. The molecule has 0 aromatic carbocycles. The van der Waals surface area contributed by atoms with Crippen molar-refractivity contribution in [2.45, 2.75) is 374 Å². The Labute approximate surface area is 537 Å². The number of esters is 4.